The van der Waals surface area contributed by atoms with Crippen LogP contribution in [0.25, 0.3) is 11.3 Å². The van der Waals surface area contributed by atoms with E-state index in [0.717, 1.165) is 5.69 Å². The van der Waals surface area contributed by atoms with Gasteiger partial charge in [0.15, 0.2) is 0 Å². The lowest BCUT2D eigenvalue weighted by Gasteiger charge is -2.08. The number of ether oxygens (including phenoxy) is 1. The Balaban J connectivity index is 2.60. The van der Waals surface area contributed by atoms with Gasteiger partial charge in [-0.2, -0.15) is 0 Å². The van der Waals surface area contributed by atoms with E-state index < -0.39 is 0 Å². The number of imidazole rings is 1. The Morgan fingerprint density at radius 2 is 2.20 bits per heavy atom. The molecule has 1 aromatic heterocycles. The van der Waals surface area contributed by atoms with E-state index in [-0.39, 0.29) is 5.82 Å². The molecule has 0 saturated heterocycles. The highest BCUT2D eigenvalue weighted by atomic mass is 19.1. The predicted octanol–water partition coefficient (Wildman–Crippen LogP) is 2.53. The second kappa shape index (κ2) is 3.73. The first-order valence-electron chi connectivity index (χ1n) is 4.55. The van der Waals surface area contributed by atoms with Crippen LogP contribution in [0.4, 0.5) is 4.39 Å². The number of rotatable bonds is 2. The SMILES string of the molecule is COc1cc(C)c(F)cc1-c1cnc[nH]1. The molecule has 78 valence electrons. The van der Waals surface area contributed by atoms with Crippen LogP contribution in [-0.2, 0) is 0 Å². The van der Waals surface area contributed by atoms with Crippen molar-refractivity contribution < 1.29 is 9.13 Å². The monoisotopic (exact) mass is 206 g/mol. The molecule has 0 aliphatic rings. The van der Waals surface area contributed by atoms with Crippen molar-refractivity contribution in [1.82, 2.24) is 9.97 Å². The zero-order chi connectivity index (χ0) is 10.8. The summed E-state index contributed by atoms with van der Waals surface area (Å²) in [4.78, 5) is 6.81. The van der Waals surface area contributed by atoms with Gasteiger partial charge in [0.1, 0.15) is 11.6 Å². The molecule has 0 radical (unpaired) electrons. The molecule has 1 aromatic carbocycles. The molecule has 0 spiro atoms. The zero-order valence-electron chi connectivity index (χ0n) is 8.54. The molecule has 2 aromatic rings. The summed E-state index contributed by atoms with van der Waals surface area (Å²) >= 11 is 0. The second-order valence-electron chi connectivity index (χ2n) is 3.27. The number of methoxy groups -OCH3 is 1. The number of nitrogens with one attached hydrogen (secondary N) is 1. The van der Waals surface area contributed by atoms with E-state index in [2.05, 4.69) is 9.97 Å². The van der Waals surface area contributed by atoms with Gasteiger partial charge in [0.25, 0.3) is 0 Å². The number of hydrogen-bond donors (Lipinski definition) is 1. The average Bonchev–Trinajstić information content (AvgIpc) is 2.74. The second-order valence-corrected chi connectivity index (χ2v) is 3.27. The van der Waals surface area contributed by atoms with Gasteiger partial charge in [-0.1, -0.05) is 0 Å². The van der Waals surface area contributed by atoms with E-state index in [1.807, 2.05) is 0 Å². The van der Waals surface area contributed by atoms with Gasteiger partial charge in [-0.3, -0.25) is 0 Å². The van der Waals surface area contributed by atoms with Crippen molar-refractivity contribution in [2.24, 2.45) is 0 Å². The molecule has 3 nitrogen and oxygen atoms in total. The average molecular weight is 206 g/mol. The van der Waals surface area contributed by atoms with Gasteiger partial charge < -0.3 is 9.72 Å². The maximum atomic E-state index is 13.4. The molecule has 0 fully saturated rings. The fraction of sp³-hybridized carbons (Fsp3) is 0.182. The van der Waals surface area contributed by atoms with Crippen LogP contribution in [-0.4, -0.2) is 17.1 Å². The number of aryl methyl sites for hydroxylation is 1. The Kier molecular flexibility index (Phi) is 2.41. The minimum Gasteiger partial charge on any atom is -0.496 e. The van der Waals surface area contributed by atoms with Gasteiger partial charge in [-0.15, -0.1) is 0 Å². The quantitative estimate of drug-likeness (QED) is 0.819. The van der Waals surface area contributed by atoms with Crippen LogP contribution in [0.3, 0.4) is 0 Å². The third kappa shape index (κ3) is 1.70. The van der Waals surface area contributed by atoms with Gasteiger partial charge in [0.05, 0.1) is 25.3 Å². The summed E-state index contributed by atoms with van der Waals surface area (Å²) in [6.07, 6.45) is 3.18. The number of aromatic nitrogens is 2. The molecule has 4 heteroatoms. The van der Waals surface area contributed by atoms with Crippen molar-refractivity contribution in [3.05, 3.63) is 36.0 Å². The van der Waals surface area contributed by atoms with E-state index in [9.17, 15) is 4.39 Å². The van der Waals surface area contributed by atoms with Crippen LogP contribution in [0.15, 0.2) is 24.7 Å². The lowest BCUT2D eigenvalue weighted by atomic mass is 10.1. The molecule has 1 heterocycles. The highest BCUT2D eigenvalue weighted by molar-refractivity contribution is 5.67. The first-order valence-corrected chi connectivity index (χ1v) is 4.55. The van der Waals surface area contributed by atoms with Crippen LogP contribution in [0.1, 0.15) is 5.56 Å². The third-order valence-corrected chi connectivity index (χ3v) is 2.27. The van der Waals surface area contributed by atoms with E-state index in [4.69, 9.17) is 4.74 Å². The van der Waals surface area contributed by atoms with Gasteiger partial charge in [-0.25, -0.2) is 9.37 Å². The fourth-order valence-corrected chi connectivity index (χ4v) is 1.44. The highest BCUT2D eigenvalue weighted by Crippen LogP contribution is 2.30. The number of halogens is 1. The molecule has 2 rings (SSSR count). The van der Waals surface area contributed by atoms with Crippen LogP contribution in [0, 0.1) is 12.7 Å². The van der Waals surface area contributed by atoms with E-state index in [0.29, 0.717) is 16.9 Å². The topological polar surface area (TPSA) is 37.9 Å². The lowest BCUT2D eigenvalue weighted by Crippen LogP contribution is -1.92. The van der Waals surface area contributed by atoms with Crippen LogP contribution in [0.2, 0.25) is 0 Å². The van der Waals surface area contributed by atoms with Crippen molar-refractivity contribution in [1.29, 1.82) is 0 Å². The number of aromatic amines is 1. The van der Waals surface area contributed by atoms with Gasteiger partial charge in [-0.05, 0) is 24.6 Å². The van der Waals surface area contributed by atoms with Crippen molar-refractivity contribution in [3.63, 3.8) is 0 Å². The highest BCUT2D eigenvalue weighted by Gasteiger charge is 2.10. The molecule has 0 bridgehead atoms. The van der Waals surface area contributed by atoms with Crippen molar-refractivity contribution in [3.8, 4) is 17.0 Å². The van der Waals surface area contributed by atoms with E-state index >= 15 is 0 Å². The van der Waals surface area contributed by atoms with Crippen LogP contribution >= 0.6 is 0 Å². The van der Waals surface area contributed by atoms with Crippen molar-refractivity contribution >= 4 is 0 Å². The van der Waals surface area contributed by atoms with Gasteiger partial charge in [0, 0.05) is 5.56 Å². The number of hydrogen-bond acceptors (Lipinski definition) is 2. The largest absolute Gasteiger partial charge is 0.496 e. The first-order chi connectivity index (χ1) is 7.22. The molecular formula is C11H11FN2O. The van der Waals surface area contributed by atoms with Gasteiger partial charge in [0.2, 0.25) is 0 Å². The zero-order valence-corrected chi connectivity index (χ0v) is 8.54. The predicted molar refractivity (Wildman–Crippen MR) is 55.3 cm³/mol. The summed E-state index contributed by atoms with van der Waals surface area (Å²) in [7, 11) is 1.56. The van der Waals surface area contributed by atoms with Gasteiger partial charge >= 0.3 is 0 Å². The summed E-state index contributed by atoms with van der Waals surface area (Å²) < 4.78 is 18.6. The normalized spacial score (nSPS) is 10.3. The molecule has 0 atom stereocenters. The van der Waals surface area contributed by atoms with E-state index in [1.54, 1.807) is 32.6 Å². The molecular weight excluding hydrogens is 195 g/mol. The fourth-order valence-electron chi connectivity index (χ4n) is 1.44. The van der Waals surface area contributed by atoms with E-state index in [1.165, 1.54) is 6.07 Å². The van der Waals surface area contributed by atoms with Crippen LogP contribution in [0.5, 0.6) is 5.75 Å². The molecule has 1 N–H and O–H groups in total. The van der Waals surface area contributed by atoms with Crippen molar-refractivity contribution in [2.45, 2.75) is 6.92 Å². The molecule has 15 heavy (non-hydrogen) atoms. The number of H-pyrrole nitrogens is 1. The third-order valence-electron chi connectivity index (χ3n) is 2.27. The Morgan fingerprint density at radius 1 is 1.40 bits per heavy atom. The molecule has 0 aliphatic carbocycles. The number of nitrogens with zero attached hydrogens (tertiary/aromatic N) is 1. The summed E-state index contributed by atoms with van der Waals surface area (Å²) in [5, 5.41) is 0. The van der Waals surface area contributed by atoms with Crippen molar-refractivity contribution in [2.75, 3.05) is 7.11 Å². The minimum atomic E-state index is -0.250. The maximum absolute atomic E-state index is 13.4. The Bertz CT molecular complexity index is 466. The standard InChI is InChI=1S/C11H11FN2O/c1-7-3-11(15-2)8(4-9(7)12)10-5-13-6-14-10/h3-6H,1-2H3,(H,13,14). The first kappa shape index (κ1) is 9.71. The van der Waals surface area contributed by atoms with Crippen LogP contribution < -0.4 is 4.74 Å². The Morgan fingerprint density at radius 3 is 2.80 bits per heavy atom. The summed E-state index contributed by atoms with van der Waals surface area (Å²) in [5.41, 5.74) is 1.99. The molecule has 0 aliphatic heterocycles. The maximum Gasteiger partial charge on any atom is 0.128 e. The summed E-state index contributed by atoms with van der Waals surface area (Å²) in [6, 6.07) is 3.12. The lowest BCUT2D eigenvalue weighted by molar-refractivity contribution is 0.414. The number of benzene rings is 1. The smallest absolute Gasteiger partial charge is 0.128 e. The Hall–Kier alpha value is -1.84. The molecule has 0 amide bonds. The summed E-state index contributed by atoms with van der Waals surface area (Å²) in [5.74, 6) is 0.388. The Labute approximate surface area is 86.9 Å². The minimum absolute atomic E-state index is 0.250. The summed E-state index contributed by atoms with van der Waals surface area (Å²) in [6.45, 7) is 1.70. The molecule has 0 saturated carbocycles. The molecule has 0 unspecified atom stereocenters.